The molecule has 1 amide bonds. The number of amides is 1. The van der Waals surface area contributed by atoms with Crippen molar-refractivity contribution >= 4 is 33.8 Å². The molecule has 0 saturated heterocycles. The van der Waals surface area contributed by atoms with Crippen molar-refractivity contribution in [2.45, 2.75) is 39.4 Å². The predicted molar refractivity (Wildman–Crippen MR) is 97.2 cm³/mol. The van der Waals surface area contributed by atoms with Crippen molar-refractivity contribution in [3.8, 4) is 5.75 Å². The van der Waals surface area contributed by atoms with E-state index in [9.17, 15) is 4.79 Å². The van der Waals surface area contributed by atoms with Crippen LogP contribution in [0.2, 0.25) is 5.02 Å². The Morgan fingerprint density at radius 1 is 1.42 bits per heavy atom. The molecule has 1 aliphatic heterocycles. The van der Waals surface area contributed by atoms with E-state index < -0.39 is 0 Å². The molecule has 2 heterocycles. The van der Waals surface area contributed by atoms with Gasteiger partial charge in [-0.1, -0.05) is 11.6 Å². The number of anilines is 1. The summed E-state index contributed by atoms with van der Waals surface area (Å²) in [6.07, 6.45) is 0.856. The highest BCUT2D eigenvalue weighted by Crippen LogP contribution is 2.36. The van der Waals surface area contributed by atoms with Gasteiger partial charge in [-0.25, -0.2) is 0 Å². The second-order valence-corrected chi connectivity index (χ2v) is 8.10. The van der Waals surface area contributed by atoms with Crippen LogP contribution >= 0.6 is 22.9 Å². The van der Waals surface area contributed by atoms with Gasteiger partial charge in [0.05, 0.1) is 17.2 Å². The number of thiophene rings is 1. The van der Waals surface area contributed by atoms with Gasteiger partial charge < -0.3 is 14.8 Å². The zero-order chi connectivity index (χ0) is 17.3. The molecule has 0 radical (unpaired) electrons. The van der Waals surface area contributed by atoms with E-state index >= 15 is 0 Å². The summed E-state index contributed by atoms with van der Waals surface area (Å²) in [7, 11) is 0. The van der Waals surface area contributed by atoms with E-state index in [-0.39, 0.29) is 18.1 Å². The lowest BCUT2D eigenvalue weighted by Gasteiger charge is -2.29. The van der Waals surface area contributed by atoms with Crippen molar-refractivity contribution in [3.63, 3.8) is 0 Å². The first-order chi connectivity index (χ1) is 11.3. The molecule has 6 heteroatoms. The van der Waals surface area contributed by atoms with E-state index in [1.165, 1.54) is 10.4 Å². The normalized spacial score (nSPS) is 15.7. The molecule has 0 fully saturated rings. The quantitative estimate of drug-likeness (QED) is 0.862. The molecular weight excluding hydrogens is 346 g/mol. The maximum atomic E-state index is 12.1. The molecule has 1 aromatic carbocycles. The number of ether oxygens (including phenoxy) is 2. The molecule has 128 valence electrons. The number of carbonyl (C=O) groups is 1. The molecule has 1 aromatic heterocycles. The van der Waals surface area contributed by atoms with Crippen LogP contribution in [0.4, 0.5) is 5.00 Å². The highest BCUT2D eigenvalue weighted by molar-refractivity contribution is 7.16. The number of aryl methyl sites for hydroxylation is 1. The molecule has 4 nitrogen and oxygen atoms in total. The molecule has 2 aromatic rings. The van der Waals surface area contributed by atoms with Crippen LogP contribution in [0, 0.1) is 6.92 Å². The summed E-state index contributed by atoms with van der Waals surface area (Å²) in [5.41, 5.74) is 2.01. The van der Waals surface area contributed by atoms with E-state index in [1.807, 2.05) is 19.1 Å². The Labute approximate surface area is 150 Å². The van der Waals surface area contributed by atoms with Crippen molar-refractivity contribution in [1.82, 2.24) is 0 Å². The van der Waals surface area contributed by atoms with Crippen LogP contribution in [0.3, 0.4) is 0 Å². The Kier molecular flexibility index (Phi) is 4.85. The Morgan fingerprint density at radius 3 is 2.96 bits per heavy atom. The third-order valence-electron chi connectivity index (χ3n) is 3.87. The first-order valence-corrected chi connectivity index (χ1v) is 8.96. The summed E-state index contributed by atoms with van der Waals surface area (Å²) in [5, 5.41) is 4.39. The lowest BCUT2D eigenvalue weighted by molar-refractivity contribution is -0.118. The number of carbonyl (C=O) groups excluding carboxylic acids is 1. The van der Waals surface area contributed by atoms with Crippen molar-refractivity contribution in [1.29, 1.82) is 0 Å². The van der Waals surface area contributed by atoms with Crippen LogP contribution in [-0.4, -0.2) is 18.1 Å². The molecule has 0 unspecified atom stereocenters. The summed E-state index contributed by atoms with van der Waals surface area (Å²) in [4.78, 5) is 13.3. The molecule has 3 rings (SSSR count). The van der Waals surface area contributed by atoms with Gasteiger partial charge >= 0.3 is 0 Å². The summed E-state index contributed by atoms with van der Waals surface area (Å²) in [6, 6.07) is 7.37. The van der Waals surface area contributed by atoms with Gasteiger partial charge in [0.15, 0.2) is 6.61 Å². The molecule has 0 saturated carbocycles. The molecule has 0 spiro atoms. The number of hydrogen-bond donors (Lipinski definition) is 1. The second-order valence-electron chi connectivity index (χ2n) is 6.53. The van der Waals surface area contributed by atoms with Crippen molar-refractivity contribution in [2.24, 2.45) is 0 Å². The summed E-state index contributed by atoms with van der Waals surface area (Å²) in [6.45, 7) is 6.62. The number of benzene rings is 1. The Morgan fingerprint density at radius 2 is 2.21 bits per heavy atom. The Balaban J connectivity index is 1.59. The zero-order valence-electron chi connectivity index (χ0n) is 13.9. The largest absolute Gasteiger partial charge is 0.483 e. The van der Waals surface area contributed by atoms with Crippen molar-refractivity contribution < 1.29 is 14.3 Å². The van der Waals surface area contributed by atoms with Crippen LogP contribution in [-0.2, 0) is 22.6 Å². The molecule has 0 aliphatic carbocycles. The third kappa shape index (κ3) is 4.09. The number of halogens is 1. The van der Waals surface area contributed by atoms with E-state index in [2.05, 4.69) is 19.2 Å². The first kappa shape index (κ1) is 17.3. The van der Waals surface area contributed by atoms with Crippen LogP contribution in [0.25, 0.3) is 0 Å². The summed E-state index contributed by atoms with van der Waals surface area (Å²) in [5.74, 6) is 0.485. The summed E-state index contributed by atoms with van der Waals surface area (Å²) >= 11 is 7.47. The lowest BCUT2D eigenvalue weighted by Crippen LogP contribution is -2.30. The average molecular weight is 366 g/mol. The zero-order valence-corrected chi connectivity index (χ0v) is 15.5. The molecule has 0 atom stereocenters. The van der Waals surface area contributed by atoms with Gasteiger partial charge in [-0.05, 0) is 56.2 Å². The average Bonchev–Trinajstić information content (AvgIpc) is 2.86. The minimum atomic E-state index is -0.178. The second kappa shape index (κ2) is 6.75. The van der Waals surface area contributed by atoms with Gasteiger partial charge in [0.25, 0.3) is 5.91 Å². The fourth-order valence-electron chi connectivity index (χ4n) is 2.66. The SMILES string of the molecule is Cc1cc(Cl)ccc1OCC(=O)Nc1cc2c(s1)COC(C)(C)C2. The van der Waals surface area contributed by atoms with Crippen LogP contribution in [0.1, 0.15) is 29.9 Å². The van der Waals surface area contributed by atoms with E-state index in [4.69, 9.17) is 21.1 Å². The highest BCUT2D eigenvalue weighted by Gasteiger charge is 2.27. The van der Waals surface area contributed by atoms with E-state index in [0.717, 1.165) is 17.0 Å². The minimum Gasteiger partial charge on any atom is -0.483 e. The first-order valence-electron chi connectivity index (χ1n) is 7.77. The topological polar surface area (TPSA) is 47.6 Å². The molecule has 1 aliphatic rings. The van der Waals surface area contributed by atoms with Gasteiger partial charge in [-0.15, -0.1) is 11.3 Å². The molecular formula is C18H20ClNO3S. The minimum absolute atomic E-state index is 0.0347. The lowest BCUT2D eigenvalue weighted by atomic mass is 9.96. The fraction of sp³-hybridized carbons (Fsp3) is 0.389. The van der Waals surface area contributed by atoms with Gasteiger partial charge in [-0.3, -0.25) is 4.79 Å². The number of nitrogens with one attached hydrogen (secondary N) is 1. The third-order valence-corrected chi connectivity index (χ3v) is 5.17. The smallest absolute Gasteiger partial charge is 0.262 e. The monoisotopic (exact) mass is 365 g/mol. The van der Waals surface area contributed by atoms with Gasteiger partial charge in [0.1, 0.15) is 5.75 Å². The number of rotatable bonds is 4. The van der Waals surface area contributed by atoms with Crippen LogP contribution in [0.15, 0.2) is 24.3 Å². The molecule has 1 N–H and O–H groups in total. The maximum Gasteiger partial charge on any atom is 0.262 e. The van der Waals surface area contributed by atoms with Crippen molar-refractivity contribution in [3.05, 3.63) is 45.3 Å². The standard InChI is InChI=1S/C18H20ClNO3S/c1-11-6-13(19)4-5-14(11)22-10-16(21)20-17-7-12-8-18(2,3)23-9-15(12)24-17/h4-7H,8-10H2,1-3H3,(H,20,21). The summed E-state index contributed by atoms with van der Waals surface area (Å²) < 4.78 is 11.4. The van der Waals surface area contributed by atoms with Crippen molar-refractivity contribution in [2.75, 3.05) is 11.9 Å². The van der Waals surface area contributed by atoms with Crippen LogP contribution < -0.4 is 10.1 Å². The molecule has 24 heavy (non-hydrogen) atoms. The van der Waals surface area contributed by atoms with Gasteiger partial charge in [-0.2, -0.15) is 0 Å². The van der Waals surface area contributed by atoms with E-state index in [1.54, 1.807) is 23.5 Å². The van der Waals surface area contributed by atoms with Gasteiger partial charge in [0, 0.05) is 16.3 Å². The number of fused-ring (bicyclic) bond motifs is 1. The molecule has 0 bridgehead atoms. The van der Waals surface area contributed by atoms with Crippen LogP contribution in [0.5, 0.6) is 5.75 Å². The highest BCUT2D eigenvalue weighted by atomic mass is 35.5. The maximum absolute atomic E-state index is 12.1. The van der Waals surface area contributed by atoms with Gasteiger partial charge in [0.2, 0.25) is 0 Å². The Hall–Kier alpha value is -1.56. The Bertz CT molecular complexity index is 770. The predicted octanol–water partition coefficient (Wildman–Crippen LogP) is 4.58. The fourth-order valence-corrected chi connectivity index (χ4v) is 3.90. The van der Waals surface area contributed by atoms with E-state index in [0.29, 0.717) is 17.4 Å². The number of hydrogen-bond acceptors (Lipinski definition) is 4.